The fraction of sp³-hybridized carbons (Fsp3) is 0.333. The summed E-state index contributed by atoms with van der Waals surface area (Å²) in [5.41, 5.74) is 7.81. The van der Waals surface area contributed by atoms with Crippen LogP contribution in [-0.2, 0) is 5.54 Å². The molecule has 1 rings (SSSR count). The molecule has 3 N–H and O–H groups in total. The lowest BCUT2D eigenvalue weighted by Gasteiger charge is -2.25. The lowest BCUT2D eigenvalue weighted by atomic mass is 9.87. The minimum atomic E-state index is -0.403. The van der Waals surface area contributed by atoms with Crippen molar-refractivity contribution in [3.63, 3.8) is 0 Å². The first-order chi connectivity index (χ1) is 6.47. The van der Waals surface area contributed by atoms with Crippen molar-refractivity contribution in [3.05, 3.63) is 42.0 Å². The molecule has 0 heterocycles. The van der Waals surface area contributed by atoms with E-state index in [9.17, 15) is 5.11 Å². The minimum Gasteiger partial charge on any atom is -0.508 e. The average molecular weight is 191 g/mol. The van der Waals surface area contributed by atoms with Crippen molar-refractivity contribution >= 4 is 0 Å². The molecule has 0 unspecified atom stereocenters. The van der Waals surface area contributed by atoms with Crippen molar-refractivity contribution in [2.45, 2.75) is 25.8 Å². The first-order valence-corrected chi connectivity index (χ1v) is 4.67. The summed E-state index contributed by atoms with van der Waals surface area (Å²) in [7, 11) is 0. The lowest BCUT2D eigenvalue weighted by Crippen LogP contribution is -2.33. The zero-order valence-corrected chi connectivity index (χ0v) is 8.75. The first-order valence-electron chi connectivity index (χ1n) is 4.67. The zero-order valence-electron chi connectivity index (χ0n) is 8.75. The van der Waals surface area contributed by atoms with Gasteiger partial charge in [0.05, 0.1) is 0 Å². The van der Waals surface area contributed by atoms with Crippen molar-refractivity contribution in [1.82, 2.24) is 0 Å². The molecular formula is C12H17NO. The summed E-state index contributed by atoms with van der Waals surface area (Å²) in [6.45, 7) is 7.60. The normalized spacial score (nSPS) is 14.8. The molecule has 2 heteroatoms. The van der Waals surface area contributed by atoms with Crippen LogP contribution in [0.2, 0.25) is 0 Å². The molecule has 2 nitrogen and oxygen atoms in total. The SMILES string of the molecule is C=CC[C@@](C)(N)c1ccc(O)cc1C. The Balaban J connectivity index is 3.12. The summed E-state index contributed by atoms with van der Waals surface area (Å²) in [6.07, 6.45) is 2.53. The number of benzene rings is 1. The minimum absolute atomic E-state index is 0.278. The zero-order chi connectivity index (χ0) is 10.8. The predicted molar refractivity (Wildman–Crippen MR) is 59.2 cm³/mol. The lowest BCUT2D eigenvalue weighted by molar-refractivity contribution is 0.469. The van der Waals surface area contributed by atoms with E-state index in [1.807, 2.05) is 26.0 Å². The molecule has 1 aromatic carbocycles. The molecule has 0 saturated carbocycles. The molecule has 0 aliphatic heterocycles. The molecule has 0 saturated heterocycles. The van der Waals surface area contributed by atoms with Gasteiger partial charge in [-0.15, -0.1) is 6.58 Å². The summed E-state index contributed by atoms with van der Waals surface area (Å²) >= 11 is 0. The van der Waals surface area contributed by atoms with Crippen LogP contribution in [0.4, 0.5) is 0 Å². The van der Waals surface area contributed by atoms with Gasteiger partial charge in [0.15, 0.2) is 0 Å². The molecule has 0 bridgehead atoms. The summed E-state index contributed by atoms with van der Waals surface area (Å²) < 4.78 is 0. The van der Waals surface area contributed by atoms with Crippen LogP contribution in [-0.4, -0.2) is 5.11 Å². The van der Waals surface area contributed by atoms with Crippen LogP contribution >= 0.6 is 0 Å². The Morgan fingerprint density at radius 3 is 2.71 bits per heavy atom. The Hall–Kier alpha value is -1.28. The highest BCUT2D eigenvalue weighted by Gasteiger charge is 2.21. The van der Waals surface area contributed by atoms with Gasteiger partial charge in [-0.3, -0.25) is 0 Å². The highest BCUT2D eigenvalue weighted by Crippen LogP contribution is 2.27. The van der Waals surface area contributed by atoms with E-state index in [0.717, 1.165) is 17.5 Å². The van der Waals surface area contributed by atoms with Crippen LogP contribution < -0.4 is 5.73 Å². The van der Waals surface area contributed by atoms with Crippen LogP contribution in [0, 0.1) is 6.92 Å². The highest BCUT2D eigenvalue weighted by molar-refractivity contribution is 5.38. The van der Waals surface area contributed by atoms with Gasteiger partial charge in [0.25, 0.3) is 0 Å². The topological polar surface area (TPSA) is 46.2 Å². The smallest absolute Gasteiger partial charge is 0.115 e. The Labute approximate surface area is 85.1 Å². The van der Waals surface area contributed by atoms with E-state index in [2.05, 4.69) is 6.58 Å². The molecule has 76 valence electrons. The van der Waals surface area contributed by atoms with Gasteiger partial charge in [0.2, 0.25) is 0 Å². The number of phenolic OH excluding ortho intramolecular Hbond substituents is 1. The summed E-state index contributed by atoms with van der Waals surface area (Å²) in [5.74, 6) is 0.278. The van der Waals surface area contributed by atoms with Gasteiger partial charge in [-0.25, -0.2) is 0 Å². The van der Waals surface area contributed by atoms with Gasteiger partial charge < -0.3 is 10.8 Å². The molecule has 0 aromatic heterocycles. The molecule has 1 aromatic rings. The average Bonchev–Trinajstić information content (AvgIpc) is 2.02. The van der Waals surface area contributed by atoms with Crippen LogP contribution in [0.5, 0.6) is 5.75 Å². The number of aryl methyl sites for hydroxylation is 1. The maximum Gasteiger partial charge on any atom is 0.115 e. The van der Waals surface area contributed by atoms with E-state index in [4.69, 9.17) is 5.73 Å². The largest absolute Gasteiger partial charge is 0.508 e. The van der Waals surface area contributed by atoms with Crippen molar-refractivity contribution in [3.8, 4) is 5.75 Å². The Bertz CT molecular complexity index is 342. The summed E-state index contributed by atoms with van der Waals surface area (Å²) in [5, 5.41) is 9.27. The van der Waals surface area contributed by atoms with Gasteiger partial charge in [-0.2, -0.15) is 0 Å². The van der Waals surface area contributed by atoms with E-state index in [1.165, 1.54) is 0 Å². The molecule has 1 atom stereocenters. The van der Waals surface area contributed by atoms with E-state index in [1.54, 1.807) is 12.1 Å². The van der Waals surface area contributed by atoms with Crippen molar-refractivity contribution in [1.29, 1.82) is 0 Å². The number of rotatable bonds is 3. The van der Waals surface area contributed by atoms with Crippen molar-refractivity contribution < 1.29 is 5.11 Å². The standard InChI is InChI=1S/C12H17NO/c1-4-7-12(3,13)11-6-5-10(14)8-9(11)2/h4-6,8,14H,1,7,13H2,2-3H3/t12-/m1/s1. The number of hydrogen-bond donors (Lipinski definition) is 2. The first kappa shape index (κ1) is 10.8. The fourth-order valence-corrected chi connectivity index (χ4v) is 1.70. The van der Waals surface area contributed by atoms with E-state index in [-0.39, 0.29) is 5.75 Å². The number of hydrogen-bond acceptors (Lipinski definition) is 2. The number of phenols is 1. The monoisotopic (exact) mass is 191 g/mol. The van der Waals surface area contributed by atoms with Gasteiger partial charge in [-0.1, -0.05) is 12.1 Å². The van der Waals surface area contributed by atoms with Crippen LogP contribution in [0.25, 0.3) is 0 Å². The Morgan fingerprint density at radius 1 is 1.57 bits per heavy atom. The summed E-state index contributed by atoms with van der Waals surface area (Å²) in [4.78, 5) is 0. The van der Waals surface area contributed by atoms with Crippen LogP contribution in [0.1, 0.15) is 24.5 Å². The fourth-order valence-electron chi connectivity index (χ4n) is 1.70. The predicted octanol–water partition coefficient (Wildman–Crippen LogP) is 2.45. The van der Waals surface area contributed by atoms with Gasteiger partial charge in [0.1, 0.15) is 5.75 Å². The van der Waals surface area contributed by atoms with E-state index >= 15 is 0 Å². The van der Waals surface area contributed by atoms with E-state index in [0.29, 0.717) is 0 Å². The van der Waals surface area contributed by atoms with Crippen molar-refractivity contribution in [2.75, 3.05) is 0 Å². The van der Waals surface area contributed by atoms with Crippen molar-refractivity contribution in [2.24, 2.45) is 5.73 Å². The van der Waals surface area contributed by atoms with Gasteiger partial charge in [-0.05, 0) is 43.5 Å². The Kier molecular flexibility index (Phi) is 2.96. The second-order valence-electron chi connectivity index (χ2n) is 3.91. The van der Waals surface area contributed by atoms with Gasteiger partial charge >= 0.3 is 0 Å². The second kappa shape index (κ2) is 3.84. The third-order valence-electron chi connectivity index (χ3n) is 2.39. The molecule has 0 aliphatic carbocycles. The third-order valence-corrected chi connectivity index (χ3v) is 2.39. The summed E-state index contributed by atoms with van der Waals surface area (Å²) in [6, 6.07) is 5.26. The molecule has 14 heavy (non-hydrogen) atoms. The molecule has 0 amide bonds. The number of aromatic hydroxyl groups is 1. The van der Waals surface area contributed by atoms with Gasteiger partial charge in [0, 0.05) is 5.54 Å². The highest BCUT2D eigenvalue weighted by atomic mass is 16.3. The maximum atomic E-state index is 9.27. The molecule has 0 aliphatic rings. The Morgan fingerprint density at radius 2 is 2.21 bits per heavy atom. The molecule has 0 fully saturated rings. The maximum absolute atomic E-state index is 9.27. The molecule has 0 spiro atoms. The molecular weight excluding hydrogens is 174 g/mol. The second-order valence-corrected chi connectivity index (χ2v) is 3.91. The number of nitrogens with two attached hydrogens (primary N) is 1. The third kappa shape index (κ3) is 2.15. The van der Waals surface area contributed by atoms with Crippen LogP contribution in [0.15, 0.2) is 30.9 Å². The van der Waals surface area contributed by atoms with Crippen LogP contribution in [0.3, 0.4) is 0 Å². The quantitative estimate of drug-likeness (QED) is 0.721. The van der Waals surface area contributed by atoms with E-state index < -0.39 is 5.54 Å². The molecule has 0 radical (unpaired) electrons.